The maximum Gasteiger partial charge on any atom is 0.148 e. The molecule has 2 rings (SSSR count). The quantitative estimate of drug-likeness (QED) is 0.917. The first-order valence-electron chi connectivity index (χ1n) is 7.10. The minimum absolute atomic E-state index is 0.0187. The average molecular weight is 332 g/mol. The van der Waals surface area contributed by atoms with Gasteiger partial charge in [0.05, 0.1) is 11.4 Å². The monoisotopic (exact) mass is 331 g/mol. The Kier molecular flexibility index (Phi) is 4.98. The van der Waals surface area contributed by atoms with E-state index in [1.807, 2.05) is 19.1 Å². The van der Waals surface area contributed by atoms with Gasteiger partial charge in [0.2, 0.25) is 0 Å². The molecular weight excluding hydrogens is 310 g/mol. The molecule has 0 bridgehead atoms. The van der Waals surface area contributed by atoms with Crippen LogP contribution in [0.15, 0.2) is 24.3 Å². The summed E-state index contributed by atoms with van der Waals surface area (Å²) in [6, 6.07) is 7.27. The summed E-state index contributed by atoms with van der Waals surface area (Å²) in [6.07, 6.45) is 2.46. The Hall–Kier alpha value is -0.620. The highest BCUT2D eigenvalue weighted by Gasteiger charge is 2.35. The molecule has 1 aliphatic rings. The molecule has 1 aromatic rings. The number of sulfone groups is 1. The van der Waals surface area contributed by atoms with Crippen LogP contribution in [0.2, 0.25) is 5.02 Å². The first-order chi connectivity index (χ1) is 9.70. The molecule has 6 heteroatoms. The fraction of sp³-hybridized carbons (Fsp3) is 0.600. The molecule has 1 atom stereocenters. The number of halogens is 1. The molecule has 1 N–H and O–H groups in total. The first kappa shape index (κ1) is 16.7. The normalized spacial score (nSPS) is 21.1. The summed E-state index contributed by atoms with van der Waals surface area (Å²) in [5, 5.41) is 11.4. The molecule has 1 aromatic carbocycles. The number of hydrogen-bond acceptors (Lipinski definition) is 4. The van der Waals surface area contributed by atoms with E-state index in [-0.39, 0.29) is 11.8 Å². The molecule has 1 fully saturated rings. The summed E-state index contributed by atoms with van der Waals surface area (Å²) in [5.74, 6) is 0.159. The predicted octanol–water partition coefficient (Wildman–Crippen LogP) is 2.06. The second-order valence-electron chi connectivity index (χ2n) is 6.02. The van der Waals surface area contributed by atoms with Gasteiger partial charge in [-0.05, 0) is 37.5 Å². The Morgan fingerprint density at radius 3 is 2.29 bits per heavy atom. The number of benzene rings is 1. The fourth-order valence-corrected chi connectivity index (χ4v) is 4.14. The largest absolute Gasteiger partial charge is 0.385 e. The molecule has 0 saturated carbocycles. The lowest BCUT2D eigenvalue weighted by Crippen LogP contribution is -2.47. The van der Waals surface area contributed by atoms with E-state index in [0.29, 0.717) is 31.0 Å². The van der Waals surface area contributed by atoms with Crippen molar-refractivity contribution in [2.24, 2.45) is 0 Å². The lowest BCUT2D eigenvalue weighted by atomic mass is 9.84. The average Bonchev–Trinajstić information content (AvgIpc) is 2.38. The van der Waals surface area contributed by atoms with Crippen LogP contribution < -0.4 is 0 Å². The van der Waals surface area contributed by atoms with Gasteiger partial charge in [-0.15, -0.1) is 0 Å². The van der Waals surface area contributed by atoms with Gasteiger partial charge in [-0.2, -0.15) is 0 Å². The third kappa shape index (κ3) is 4.42. The topological polar surface area (TPSA) is 57.6 Å². The van der Waals surface area contributed by atoms with E-state index < -0.39 is 15.4 Å². The Bertz CT molecular complexity index is 577. The lowest BCUT2D eigenvalue weighted by Gasteiger charge is -2.41. The van der Waals surface area contributed by atoms with Crippen molar-refractivity contribution in [1.29, 1.82) is 0 Å². The summed E-state index contributed by atoms with van der Waals surface area (Å²) < 4.78 is 22.8. The van der Waals surface area contributed by atoms with Crippen LogP contribution >= 0.6 is 11.6 Å². The third-order valence-corrected chi connectivity index (χ3v) is 5.51. The molecule has 0 aromatic heterocycles. The second kappa shape index (κ2) is 6.24. The van der Waals surface area contributed by atoms with Gasteiger partial charge >= 0.3 is 0 Å². The number of rotatable bonds is 4. The zero-order valence-electron chi connectivity index (χ0n) is 12.4. The van der Waals surface area contributed by atoms with Crippen molar-refractivity contribution in [1.82, 2.24) is 4.90 Å². The van der Waals surface area contributed by atoms with Crippen LogP contribution in [-0.2, 0) is 15.4 Å². The second-order valence-corrected chi connectivity index (χ2v) is 8.64. The molecule has 0 radical (unpaired) electrons. The Balaban J connectivity index is 2.00. The van der Waals surface area contributed by atoms with Crippen LogP contribution in [0.1, 0.15) is 25.3 Å². The van der Waals surface area contributed by atoms with Gasteiger partial charge in [0.15, 0.2) is 0 Å². The number of aliphatic hydroxyl groups is 1. The van der Waals surface area contributed by atoms with Crippen LogP contribution in [0.4, 0.5) is 0 Å². The van der Waals surface area contributed by atoms with Gasteiger partial charge in [-0.25, -0.2) is 8.42 Å². The number of piperidine rings is 1. The first-order valence-corrected chi connectivity index (χ1v) is 9.54. The molecule has 0 unspecified atom stereocenters. The molecule has 118 valence electrons. The van der Waals surface area contributed by atoms with Crippen molar-refractivity contribution in [3.63, 3.8) is 0 Å². The van der Waals surface area contributed by atoms with Gasteiger partial charge in [0, 0.05) is 30.4 Å². The van der Waals surface area contributed by atoms with Gasteiger partial charge in [-0.3, -0.25) is 4.90 Å². The van der Waals surface area contributed by atoms with Crippen molar-refractivity contribution in [2.45, 2.75) is 31.4 Å². The summed E-state index contributed by atoms with van der Waals surface area (Å²) in [6.45, 7) is 3.30. The lowest BCUT2D eigenvalue weighted by molar-refractivity contribution is -0.0320. The SMILES string of the molecule is C[C@@H](CS(C)(=O)=O)N1CCC(O)(c2ccc(Cl)cc2)CC1. The van der Waals surface area contributed by atoms with E-state index in [0.717, 1.165) is 5.56 Å². The predicted molar refractivity (Wildman–Crippen MR) is 85.3 cm³/mol. The van der Waals surface area contributed by atoms with Gasteiger partial charge in [0.25, 0.3) is 0 Å². The minimum Gasteiger partial charge on any atom is -0.385 e. The molecule has 0 spiro atoms. The van der Waals surface area contributed by atoms with Crippen LogP contribution in [0.5, 0.6) is 0 Å². The molecule has 1 saturated heterocycles. The maximum absolute atomic E-state index is 11.4. The molecule has 4 nitrogen and oxygen atoms in total. The van der Waals surface area contributed by atoms with Crippen molar-refractivity contribution in [2.75, 3.05) is 25.1 Å². The minimum atomic E-state index is -2.98. The molecule has 0 aliphatic carbocycles. The van der Waals surface area contributed by atoms with Crippen molar-refractivity contribution >= 4 is 21.4 Å². The zero-order chi connectivity index (χ0) is 15.7. The highest BCUT2D eigenvalue weighted by atomic mass is 35.5. The van der Waals surface area contributed by atoms with E-state index in [4.69, 9.17) is 11.6 Å². The zero-order valence-corrected chi connectivity index (χ0v) is 14.0. The van der Waals surface area contributed by atoms with Crippen molar-refractivity contribution in [3.05, 3.63) is 34.9 Å². The standard InChI is InChI=1S/C15H22ClNO3S/c1-12(11-21(2,19)20)17-9-7-15(18,8-10-17)13-3-5-14(16)6-4-13/h3-6,12,18H,7-11H2,1-2H3/t12-/m0/s1. The maximum atomic E-state index is 11.4. The van der Waals surface area contributed by atoms with E-state index in [9.17, 15) is 13.5 Å². The van der Waals surface area contributed by atoms with Gasteiger partial charge in [-0.1, -0.05) is 23.7 Å². The van der Waals surface area contributed by atoms with Gasteiger partial charge in [0.1, 0.15) is 9.84 Å². The highest BCUT2D eigenvalue weighted by molar-refractivity contribution is 7.90. The molecule has 21 heavy (non-hydrogen) atoms. The van der Waals surface area contributed by atoms with Crippen LogP contribution in [-0.4, -0.2) is 49.6 Å². The Morgan fingerprint density at radius 1 is 1.29 bits per heavy atom. The molecule has 0 amide bonds. The molecule has 1 heterocycles. The summed E-state index contributed by atoms with van der Waals surface area (Å²) in [4.78, 5) is 2.13. The van der Waals surface area contributed by atoms with Crippen LogP contribution in [0.3, 0.4) is 0 Å². The number of nitrogens with zero attached hydrogens (tertiary/aromatic N) is 1. The van der Waals surface area contributed by atoms with E-state index in [1.165, 1.54) is 6.26 Å². The van der Waals surface area contributed by atoms with Gasteiger partial charge < -0.3 is 5.11 Å². The fourth-order valence-electron chi connectivity index (χ4n) is 2.93. The molecule has 1 aliphatic heterocycles. The number of hydrogen-bond donors (Lipinski definition) is 1. The molecular formula is C15H22ClNO3S. The third-order valence-electron chi connectivity index (χ3n) is 4.17. The highest BCUT2D eigenvalue weighted by Crippen LogP contribution is 2.34. The van der Waals surface area contributed by atoms with E-state index in [1.54, 1.807) is 12.1 Å². The summed E-state index contributed by atoms with van der Waals surface area (Å²) in [7, 11) is -2.98. The Morgan fingerprint density at radius 2 is 1.81 bits per heavy atom. The van der Waals surface area contributed by atoms with E-state index in [2.05, 4.69) is 4.90 Å². The Labute approximate surface area is 131 Å². The van der Waals surface area contributed by atoms with Crippen molar-refractivity contribution < 1.29 is 13.5 Å². The smallest absolute Gasteiger partial charge is 0.148 e. The van der Waals surface area contributed by atoms with E-state index >= 15 is 0 Å². The number of likely N-dealkylation sites (tertiary alicyclic amines) is 1. The van der Waals surface area contributed by atoms with Crippen molar-refractivity contribution in [3.8, 4) is 0 Å². The summed E-state index contributed by atoms with van der Waals surface area (Å²) in [5.41, 5.74) is 0.0358. The van der Waals surface area contributed by atoms with Crippen LogP contribution in [0.25, 0.3) is 0 Å². The summed E-state index contributed by atoms with van der Waals surface area (Å²) >= 11 is 5.88. The van der Waals surface area contributed by atoms with Crippen LogP contribution in [0, 0.1) is 0 Å².